The Bertz CT molecular complexity index is 824. The smallest absolute Gasteiger partial charge is 0.338 e. The van der Waals surface area contributed by atoms with Gasteiger partial charge in [0.05, 0.1) is 10.5 Å². The van der Waals surface area contributed by atoms with E-state index in [-0.39, 0.29) is 29.3 Å². The summed E-state index contributed by atoms with van der Waals surface area (Å²) in [5.74, 6) is -1.79. The van der Waals surface area contributed by atoms with Crippen LogP contribution in [0.1, 0.15) is 15.9 Å². The average Bonchev–Trinajstić information content (AvgIpc) is 2.65. The number of carbonyl (C=O) groups is 2. The van der Waals surface area contributed by atoms with E-state index in [4.69, 9.17) is 4.74 Å². The molecule has 26 heavy (non-hydrogen) atoms. The van der Waals surface area contributed by atoms with Crippen molar-refractivity contribution in [3.63, 3.8) is 0 Å². The number of hydrogen-bond donors (Lipinski definition) is 2. The number of amides is 1. The number of halogens is 1. The largest absolute Gasteiger partial charge is 0.452 e. The molecule has 2 aromatic rings. The number of nitro benzene ring substituents is 1. The van der Waals surface area contributed by atoms with Gasteiger partial charge in [-0.25, -0.2) is 9.18 Å². The third-order valence-electron chi connectivity index (χ3n) is 3.44. The Labute approximate surface area is 148 Å². The van der Waals surface area contributed by atoms with Crippen LogP contribution in [0, 0.1) is 15.9 Å². The highest BCUT2D eigenvalue weighted by molar-refractivity contribution is 5.93. The number of nitrogens with zero attached hydrogens (tertiary/aromatic N) is 1. The SMILES string of the molecule is CNc1ccc(C(=O)OCC(=O)NCc2ccc(F)cc2)cc1[N+](=O)[O-]. The number of hydrogen-bond acceptors (Lipinski definition) is 6. The minimum Gasteiger partial charge on any atom is -0.452 e. The monoisotopic (exact) mass is 361 g/mol. The molecule has 0 fully saturated rings. The highest BCUT2D eigenvalue weighted by Gasteiger charge is 2.18. The molecule has 0 radical (unpaired) electrons. The van der Waals surface area contributed by atoms with Crippen LogP contribution in [0.3, 0.4) is 0 Å². The van der Waals surface area contributed by atoms with E-state index < -0.39 is 23.4 Å². The lowest BCUT2D eigenvalue weighted by atomic mass is 10.1. The molecule has 9 heteroatoms. The molecule has 0 heterocycles. The number of benzene rings is 2. The summed E-state index contributed by atoms with van der Waals surface area (Å²) >= 11 is 0. The maximum atomic E-state index is 12.8. The molecule has 0 spiro atoms. The summed E-state index contributed by atoms with van der Waals surface area (Å²) in [6.45, 7) is -0.388. The molecule has 0 aromatic heterocycles. The van der Waals surface area contributed by atoms with Gasteiger partial charge in [-0.2, -0.15) is 0 Å². The second-order valence-corrected chi connectivity index (χ2v) is 5.22. The minimum absolute atomic E-state index is 0.0398. The van der Waals surface area contributed by atoms with Crippen LogP contribution in [-0.4, -0.2) is 30.5 Å². The van der Waals surface area contributed by atoms with Crippen LogP contribution in [-0.2, 0) is 16.1 Å². The maximum absolute atomic E-state index is 12.8. The highest BCUT2D eigenvalue weighted by atomic mass is 19.1. The molecule has 0 unspecified atom stereocenters. The molecule has 0 saturated carbocycles. The summed E-state index contributed by atoms with van der Waals surface area (Å²) in [6, 6.07) is 9.38. The first-order valence-corrected chi connectivity index (χ1v) is 7.55. The van der Waals surface area contributed by atoms with Crippen molar-refractivity contribution in [3.05, 3.63) is 69.5 Å². The summed E-state index contributed by atoms with van der Waals surface area (Å²) in [6.07, 6.45) is 0. The number of ether oxygens (including phenoxy) is 1. The Balaban J connectivity index is 1.89. The van der Waals surface area contributed by atoms with Crippen molar-refractivity contribution in [3.8, 4) is 0 Å². The first kappa shape index (κ1) is 18.8. The van der Waals surface area contributed by atoms with E-state index in [1.807, 2.05) is 0 Å². The van der Waals surface area contributed by atoms with Gasteiger partial charge >= 0.3 is 5.97 Å². The van der Waals surface area contributed by atoms with Crippen LogP contribution in [0.4, 0.5) is 15.8 Å². The number of anilines is 1. The van der Waals surface area contributed by atoms with Crippen molar-refractivity contribution in [2.24, 2.45) is 0 Å². The molecule has 2 rings (SSSR count). The van der Waals surface area contributed by atoms with Gasteiger partial charge in [0.15, 0.2) is 6.61 Å². The quantitative estimate of drug-likeness (QED) is 0.445. The van der Waals surface area contributed by atoms with Gasteiger partial charge in [-0.3, -0.25) is 14.9 Å². The van der Waals surface area contributed by atoms with Crippen molar-refractivity contribution in [1.82, 2.24) is 5.32 Å². The third kappa shape index (κ3) is 5.00. The number of rotatable bonds is 7. The molecule has 0 aliphatic heterocycles. The first-order valence-electron chi connectivity index (χ1n) is 7.55. The highest BCUT2D eigenvalue weighted by Crippen LogP contribution is 2.25. The molecule has 0 aliphatic carbocycles. The Morgan fingerprint density at radius 2 is 1.88 bits per heavy atom. The molecule has 1 amide bonds. The predicted octanol–water partition coefficient (Wildman–Crippen LogP) is 2.25. The van der Waals surface area contributed by atoms with Crippen molar-refractivity contribution in [2.45, 2.75) is 6.54 Å². The van der Waals surface area contributed by atoms with Gasteiger partial charge in [0.25, 0.3) is 11.6 Å². The number of nitrogens with one attached hydrogen (secondary N) is 2. The zero-order valence-electron chi connectivity index (χ0n) is 13.8. The second-order valence-electron chi connectivity index (χ2n) is 5.22. The fourth-order valence-electron chi connectivity index (χ4n) is 2.09. The minimum atomic E-state index is -0.854. The topological polar surface area (TPSA) is 111 Å². The van der Waals surface area contributed by atoms with Gasteiger partial charge in [0, 0.05) is 19.7 Å². The summed E-state index contributed by atoms with van der Waals surface area (Å²) in [5.41, 5.74) is 0.623. The molecular formula is C17H16FN3O5. The van der Waals surface area contributed by atoms with E-state index in [1.54, 1.807) is 0 Å². The molecule has 0 saturated heterocycles. The second kappa shape index (κ2) is 8.56. The zero-order chi connectivity index (χ0) is 19.1. The summed E-state index contributed by atoms with van der Waals surface area (Å²) < 4.78 is 17.6. The lowest BCUT2D eigenvalue weighted by molar-refractivity contribution is -0.384. The Morgan fingerprint density at radius 1 is 1.19 bits per heavy atom. The summed E-state index contributed by atoms with van der Waals surface area (Å²) in [4.78, 5) is 34.0. The van der Waals surface area contributed by atoms with E-state index in [0.29, 0.717) is 5.56 Å². The Hall–Kier alpha value is -3.49. The standard InChI is InChI=1S/C17H16FN3O5/c1-19-14-7-4-12(8-15(14)21(24)25)17(23)26-10-16(22)20-9-11-2-5-13(18)6-3-11/h2-8,19H,9-10H2,1H3,(H,20,22). The van der Waals surface area contributed by atoms with Gasteiger partial charge in [-0.15, -0.1) is 0 Å². The van der Waals surface area contributed by atoms with Crippen LogP contribution in [0.2, 0.25) is 0 Å². The van der Waals surface area contributed by atoms with Gasteiger partial charge in [0.1, 0.15) is 11.5 Å². The molecule has 0 atom stereocenters. The number of carbonyl (C=O) groups excluding carboxylic acids is 2. The van der Waals surface area contributed by atoms with Crippen molar-refractivity contribution in [1.29, 1.82) is 0 Å². The molecule has 0 bridgehead atoms. The molecule has 8 nitrogen and oxygen atoms in total. The van der Waals surface area contributed by atoms with Crippen LogP contribution in [0.5, 0.6) is 0 Å². The fourth-order valence-corrected chi connectivity index (χ4v) is 2.09. The average molecular weight is 361 g/mol. The van der Waals surface area contributed by atoms with E-state index in [9.17, 15) is 24.1 Å². The van der Waals surface area contributed by atoms with Crippen molar-refractivity contribution < 1.29 is 23.6 Å². The van der Waals surface area contributed by atoms with Crippen molar-refractivity contribution in [2.75, 3.05) is 19.0 Å². The summed E-state index contributed by atoms with van der Waals surface area (Å²) in [7, 11) is 1.52. The van der Waals surface area contributed by atoms with Crippen LogP contribution in [0.15, 0.2) is 42.5 Å². The number of esters is 1. The van der Waals surface area contributed by atoms with Crippen molar-refractivity contribution >= 4 is 23.3 Å². The molecule has 136 valence electrons. The summed E-state index contributed by atoms with van der Waals surface area (Å²) in [5, 5.41) is 16.2. The molecule has 2 N–H and O–H groups in total. The first-order chi connectivity index (χ1) is 12.4. The normalized spacial score (nSPS) is 10.1. The van der Waals surface area contributed by atoms with E-state index in [1.165, 1.54) is 43.4 Å². The molecule has 0 aliphatic rings. The predicted molar refractivity (Wildman–Crippen MR) is 91.2 cm³/mol. The van der Waals surface area contributed by atoms with Crippen LogP contribution in [0.25, 0.3) is 0 Å². The van der Waals surface area contributed by atoms with Gasteiger partial charge in [0.2, 0.25) is 0 Å². The van der Waals surface area contributed by atoms with E-state index >= 15 is 0 Å². The fraction of sp³-hybridized carbons (Fsp3) is 0.176. The number of nitro groups is 1. The zero-order valence-corrected chi connectivity index (χ0v) is 13.8. The van der Waals surface area contributed by atoms with Gasteiger partial charge in [-0.1, -0.05) is 12.1 Å². The lowest BCUT2D eigenvalue weighted by Gasteiger charge is -2.08. The molecular weight excluding hydrogens is 345 g/mol. The molecule has 2 aromatic carbocycles. The van der Waals surface area contributed by atoms with Crippen LogP contribution < -0.4 is 10.6 Å². The van der Waals surface area contributed by atoms with E-state index in [0.717, 1.165) is 6.07 Å². The van der Waals surface area contributed by atoms with Gasteiger partial charge in [-0.05, 0) is 29.8 Å². The van der Waals surface area contributed by atoms with E-state index in [2.05, 4.69) is 10.6 Å². The third-order valence-corrected chi connectivity index (χ3v) is 3.44. The Morgan fingerprint density at radius 3 is 2.50 bits per heavy atom. The van der Waals surface area contributed by atoms with Gasteiger partial charge < -0.3 is 15.4 Å². The Kier molecular flexibility index (Phi) is 6.20. The lowest BCUT2D eigenvalue weighted by Crippen LogP contribution is -2.28. The maximum Gasteiger partial charge on any atom is 0.338 e. The van der Waals surface area contributed by atoms with Crippen LogP contribution >= 0.6 is 0 Å².